The van der Waals surface area contributed by atoms with Crippen molar-refractivity contribution in [3.05, 3.63) is 31.8 Å². The molecule has 0 saturated heterocycles. The molecule has 2 heterocycles. The van der Waals surface area contributed by atoms with Crippen LogP contribution in [0.5, 0.6) is 0 Å². The van der Waals surface area contributed by atoms with Crippen LogP contribution in [0.2, 0.25) is 0 Å². The molecule has 0 atom stereocenters. The molecule has 4 nitrogen and oxygen atoms in total. The molecule has 0 aromatic carbocycles. The zero-order valence-corrected chi connectivity index (χ0v) is 9.64. The first-order valence-corrected chi connectivity index (χ1v) is 5.57. The van der Waals surface area contributed by atoms with E-state index in [1.807, 2.05) is 26.8 Å². The molecule has 0 spiro atoms. The Hall–Kier alpha value is -1.36. The van der Waals surface area contributed by atoms with E-state index in [0.717, 1.165) is 4.88 Å². The lowest BCUT2D eigenvalue weighted by atomic mass is 10.3. The SMILES string of the molecule is Cc1cc2c(=O)n(C(C)C)c(=O)[nH]c2s1. The molecular weight excluding hydrogens is 212 g/mol. The second-order valence-corrected chi connectivity index (χ2v) is 5.06. The van der Waals surface area contributed by atoms with Crippen LogP contribution >= 0.6 is 11.3 Å². The summed E-state index contributed by atoms with van der Waals surface area (Å²) in [6.45, 7) is 5.56. The maximum atomic E-state index is 12.0. The van der Waals surface area contributed by atoms with Crippen molar-refractivity contribution in [2.75, 3.05) is 0 Å². The summed E-state index contributed by atoms with van der Waals surface area (Å²) in [6.07, 6.45) is 0. The van der Waals surface area contributed by atoms with Gasteiger partial charge in [0.15, 0.2) is 0 Å². The molecule has 0 bridgehead atoms. The zero-order valence-electron chi connectivity index (χ0n) is 8.83. The highest BCUT2D eigenvalue weighted by Crippen LogP contribution is 2.18. The van der Waals surface area contributed by atoms with Gasteiger partial charge >= 0.3 is 5.69 Å². The Morgan fingerprint density at radius 3 is 2.67 bits per heavy atom. The Bertz CT molecular complexity index is 618. The third-order valence-electron chi connectivity index (χ3n) is 2.26. The number of thiophene rings is 1. The van der Waals surface area contributed by atoms with E-state index in [9.17, 15) is 9.59 Å². The number of hydrogen-bond acceptors (Lipinski definition) is 3. The summed E-state index contributed by atoms with van der Waals surface area (Å²) in [6, 6.07) is 1.70. The van der Waals surface area contributed by atoms with Gasteiger partial charge in [-0.1, -0.05) is 0 Å². The number of H-pyrrole nitrogens is 1. The maximum absolute atomic E-state index is 12.0. The molecule has 0 saturated carbocycles. The largest absolute Gasteiger partial charge is 0.329 e. The minimum atomic E-state index is -0.329. The fraction of sp³-hybridized carbons (Fsp3) is 0.400. The van der Waals surface area contributed by atoms with E-state index in [4.69, 9.17) is 0 Å². The molecule has 1 N–H and O–H groups in total. The minimum Gasteiger partial charge on any atom is -0.298 e. The number of rotatable bonds is 1. The first-order chi connectivity index (χ1) is 7.00. The highest BCUT2D eigenvalue weighted by Gasteiger charge is 2.11. The molecule has 0 unspecified atom stereocenters. The third-order valence-corrected chi connectivity index (χ3v) is 3.23. The van der Waals surface area contributed by atoms with Crippen LogP contribution in [0.4, 0.5) is 0 Å². The van der Waals surface area contributed by atoms with Crippen molar-refractivity contribution in [1.82, 2.24) is 9.55 Å². The second-order valence-electron chi connectivity index (χ2n) is 3.80. The summed E-state index contributed by atoms with van der Waals surface area (Å²) in [5.41, 5.74) is -0.530. The van der Waals surface area contributed by atoms with Crippen LogP contribution in [0.3, 0.4) is 0 Å². The van der Waals surface area contributed by atoms with E-state index in [0.29, 0.717) is 10.2 Å². The molecule has 0 amide bonds. The van der Waals surface area contributed by atoms with Crippen LogP contribution in [0.25, 0.3) is 10.2 Å². The summed E-state index contributed by atoms with van der Waals surface area (Å²) in [7, 11) is 0. The van der Waals surface area contributed by atoms with Crippen molar-refractivity contribution >= 4 is 21.6 Å². The van der Waals surface area contributed by atoms with E-state index >= 15 is 0 Å². The normalized spacial score (nSPS) is 11.5. The molecular formula is C10H12N2O2S. The average molecular weight is 224 g/mol. The van der Waals surface area contributed by atoms with Gasteiger partial charge in [-0.2, -0.15) is 0 Å². The van der Waals surface area contributed by atoms with E-state index in [1.54, 1.807) is 0 Å². The summed E-state index contributed by atoms with van der Waals surface area (Å²) >= 11 is 1.43. The van der Waals surface area contributed by atoms with Gasteiger partial charge in [0.05, 0.1) is 5.39 Å². The molecule has 0 aliphatic rings. The zero-order chi connectivity index (χ0) is 11.2. The number of nitrogens with zero attached hydrogens (tertiary/aromatic N) is 1. The number of aromatic nitrogens is 2. The molecule has 0 aliphatic heterocycles. The maximum Gasteiger partial charge on any atom is 0.329 e. The fourth-order valence-corrected chi connectivity index (χ4v) is 2.51. The van der Waals surface area contributed by atoms with Crippen molar-refractivity contribution in [3.8, 4) is 0 Å². The second kappa shape index (κ2) is 3.34. The summed E-state index contributed by atoms with van der Waals surface area (Å²) in [5.74, 6) is 0. The summed E-state index contributed by atoms with van der Waals surface area (Å²) in [4.78, 5) is 28.0. The van der Waals surface area contributed by atoms with E-state index < -0.39 is 0 Å². The molecule has 2 aromatic rings. The van der Waals surface area contributed by atoms with Crippen molar-refractivity contribution in [3.63, 3.8) is 0 Å². The highest BCUT2D eigenvalue weighted by molar-refractivity contribution is 7.18. The fourth-order valence-electron chi connectivity index (χ4n) is 1.61. The molecule has 0 radical (unpaired) electrons. The molecule has 0 fully saturated rings. The van der Waals surface area contributed by atoms with Crippen LogP contribution in [0, 0.1) is 6.92 Å². The van der Waals surface area contributed by atoms with Crippen molar-refractivity contribution in [2.24, 2.45) is 0 Å². The lowest BCUT2D eigenvalue weighted by molar-refractivity contribution is 0.552. The minimum absolute atomic E-state index is 0.120. The summed E-state index contributed by atoms with van der Waals surface area (Å²) < 4.78 is 1.24. The Morgan fingerprint density at radius 2 is 2.07 bits per heavy atom. The molecule has 80 valence electrons. The number of aromatic amines is 1. The predicted octanol–water partition coefficient (Wildman–Crippen LogP) is 1.64. The molecule has 2 rings (SSSR count). The van der Waals surface area contributed by atoms with Crippen LogP contribution in [-0.4, -0.2) is 9.55 Å². The van der Waals surface area contributed by atoms with Gasteiger partial charge in [0.25, 0.3) is 5.56 Å². The first-order valence-electron chi connectivity index (χ1n) is 4.75. The lowest BCUT2D eigenvalue weighted by Crippen LogP contribution is -2.35. The van der Waals surface area contributed by atoms with Crippen molar-refractivity contribution < 1.29 is 0 Å². The number of fused-ring (bicyclic) bond motifs is 1. The third kappa shape index (κ3) is 1.52. The van der Waals surface area contributed by atoms with Crippen LogP contribution < -0.4 is 11.2 Å². The number of aryl methyl sites for hydroxylation is 1. The van der Waals surface area contributed by atoms with Crippen LogP contribution in [0.1, 0.15) is 24.8 Å². The Morgan fingerprint density at radius 1 is 1.40 bits per heavy atom. The lowest BCUT2D eigenvalue weighted by Gasteiger charge is -2.07. The molecule has 2 aromatic heterocycles. The van der Waals surface area contributed by atoms with Crippen molar-refractivity contribution in [2.45, 2.75) is 26.8 Å². The quantitative estimate of drug-likeness (QED) is 0.800. The predicted molar refractivity (Wildman–Crippen MR) is 61.8 cm³/mol. The number of nitrogens with one attached hydrogen (secondary N) is 1. The van der Waals surface area contributed by atoms with Gasteiger partial charge in [0.1, 0.15) is 4.83 Å². The van der Waals surface area contributed by atoms with Crippen molar-refractivity contribution in [1.29, 1.82) is 0 Å². The topological polar surface area (TPSA) is 54.9 Å². The van der Waals surface area contributed by atoms with Gasteiger partial charge < -0.3 is 0 Å². The average Bonchev–Trinajstić information content (AvgIpc) is 2.45. The monoisotopic (exact) mass is 224 g/mol. The van der Waals surface area contributed by atoms with Crippen LogP contribution in [0.15, 0.2) is 15.7 Å². The van der Waals surface area contributed by atoms with E-state index in [1.165, 1.54) is 15.9 Å². The van der Waals surface area contributed by atoms with Gasteiger partial charge in [0.2, 0.25) is 0 Å². The summed E-state index contributed by atoms with van der Waals surface area (Å²) in [5, 5.41) is 0.603. The van der Waals surface area contributed by atoms with Gasteiger partial charge in [-0.3, -0.25) is 14.3 Å². The highest BCUT2D eigenvalue weighted by atomic mass is 32.1. The van der Waals surface area contributed by atoms with E-state index in [-0.39, 0.29) is 17.3 Å². The van der Waals surface area contributed by atoms with Gasteiger partial charge in [-0.25, -0.2) is 4.79 Å². The Balaban J connectivity index is 2.96. The molecule has 5 heteroatoms. The van der Waals surface area contributed by atoms with Crippen LogP contribution in [-0.2, 0) is 0 Å². The van der Waals surface area contributed by atoms with E-state index in [2.05, 4.69) is 4.98 Å². The first kappa shape index (κ1) is 10.2. The standard InChI is InChI=1S/C10H12N2O2S/c1-5(2)12-9(13)7-4-6(3)15-8(7)11-10(12)14/h4-5H,1-3H3,(H,11,14). The van der Waals surface area contributed by atoms with Gasteiger partial charge in [0, 0.05) is 10.9 Å². The van der Waals surface area contributed by atoms with Gasteiger partial charge in [-0.05, 0) is 26.8 Å². The Kier molecular flexibility index (Phi) is 2.26. The molecule has 15 heavy (non-hydrogen) atoms. The molecule has 0 aliphatic carbocycles. The number of hydrogen-bond donors (Lipinski definition) is 1. The van der Waals surface area contributed by atoms with Gasteiger partial charge in [-0.15, -0.1) is 11.3 Å². The smallest absolute Gasteiger partial charge is 0.298 e. The Labute approximate surface area is 90.2 Å².